The fourth-order valence-corrected chi connectivity index (χ4v) is 3.96. The number of aromatic nitrogens is 1. The van der Waals surface area contributed by atoms with E-state index < -0.39 is 10.0 Å². The first kappa shape index (κ1) is 14.5. The van der Waals surface area contributed by atoms with E-state index >= 15 is 0 Å². The van der Waals surface area contributed by atoms with Gasteiger partial charge in [-0.15, -0.1) is 0 Å². The molecule has 1 heterocycles. The van der Waals surface area contributed by atoms with Gasteiger partial charge in [0.15, 0.2) is 0 Å². The average molecular weight is 282 g/mol. The summed E-state index contributed by atoms with van der Waals surface area (Å²) in [6, 6.07) is 3.89. The Kier molecular flexibility index (Phi) is 4.26. The minimum Gasteiger partial charge on any atom is -0.259 e. The molecule has 0 fully saturated rings. The maximum absolute atomic E-state index is 12.1. The first-order valence-corrected chi connectivity index (χ1v) is 8.65. The van der Waals surface area contributed by atoms with Gasteiger partial charge in [0.2, 0.25) is 10.0 Å². The molecule has 1 aromatic rings. The Hall–Kier alpha value is -0.940. The van der Waals surface area contributed by atoms with Gasteiger partial charge >= 0.3 is 0 Å². The van der Waals surface area contributed by atoms with Crippen molar-refractivity contribution in [3.05, 3.63) is 29.6 Å². The second-order valence-electron chi connectivity index (χ2n) is 5.68. The van der Waals surface area contributed by atoms with E-state index in [4.69, 9.17) is 0 Å². The number of fused-ring (bicyclic) bond motifs is 1. The topological polar surface area (TPSA) is 50.3 Å². The lowest BCUT2D eigenvalue weighted by Gasteiger charge is -2.34. The van der Waals surface area contributed by atoms with Crippen molar-refractivity contribution in [1.29, 1.82) is 0 Å². The summed E-state index contributed by atoms with van der Waals surface area (Å²) < 4.78 is 25.8. The molecule has 1 aromatic heterocycles. The van der Waals surface area contributed by atoms with Gasteiger partial charge in [0.1, 0.15) is 0 Å². The van der Waals surface area contributed by atoms with Crippen molar-refractivity contribution >= 4 is 10.0 Å². The normalized spacial score (nSPS) is 19.7. The number of rotatable bonds is 4. The van der Waals surface area contributed by atoms with Gasteiger partial charge in [-0.3, -0.25) is 4.98 Å². The highest BCUT2D eigenvalue weighted by molar-refractivity contribution is 7.88. The molecule has 0 radical (unpaired) electrons. The summed E-state index contributed by atoms with van der Waals surface area (Å²) in [5.41, 5.74) is 2.14. The molecule has 0 saturated heterocycles. The lowest BCUT2D eigenvalue weighted by atomic mass is 9.91. The largest absolute Gasteiger partial charge is 0.259 e. The van der Waals surface area contributed by atoms with Crippen molar-refractivity contribution in [3.8, 4) is 0 Å². The highest BCUT2D eigenvalue weighted by atomic mass is 32.2. The first-order chi connectivity index (χ1) is 8.89. The Bertz CT molecular complexity index is 540. The van der Waals surface area contributed by atoms with E-state index in [0.717, 1.165) is 25.0 Å². The van der Waals surface area contributed by atoms with Crippen molar-refractivity contribution in [2.45, 2.75) is 39.2 Å². The van der Waals surface area contributed by atoms with Gasteiger partial charge in [-0.1, -0.05) is 19.9 Å². The molecule has 0 aliphatic heterocycles. The van der Waals surface area contributed by atoms with Crippen LogP contribution in [0.1, 0.15) is 44.0 Å². The summed E-state index contributed by atoms with van der Waals surface area (Å²) in [5.74, 6) is 0.309. The van der Waals surface area contributed by atoms with Crippen molar-refractivity contribution < 1.29 is 8.42 Å². The Morgan fingerprint density at radius 3 is 2.84 bits per heavy atom. The Balaban J connectivity index is 2.39. The van der Waals surface area contributed by atoms with E-state index in [-0.39, 0.29) is 6.04 Å². The van der Waals surface area contributed by atoms with Crippen LogP contribution in [0.3, 0.4) is 0 Å². The number of hydrogen-bond acceptors (Lipinski definition) is 3. The van der Waals surface area contributed by atoms with E-state index in [9.17, 15) is 8.42 Å². The van der Waals surface area contributed by atoms with Gasteiger partial charge in [-0.2, -0.15) is 4.31 Å². The summed E-state index contributed by atoms with van der Waals surface area (Å²) in [4.78, 5) is 4.44. The van der Waals surface area contributed by atoms with E-state index in [1.54, 1.807) is 10.5 Å². The van der Waals surface area contributed by atoms with Crippen molar-refractivity contribution in [2.75, 3.05) is 12.8 Å². The molecule has 106 valence electrons. The molecule has 1 aliphatic carbocycles. The first-order valence-electron chi connectivity index (χ1n) is 6.80. The third-order valence-electron chi connectivity index (χ3n) is 3.48. The molecule has 19 heavy (non-hydrogen) atoms. The van der Waals surface area contributed by atoms with Crippen molar-refractivity contribution in [2.24, 2.45) is 5.92 Å². The van der Waals surface area contributed by atoms with Crippen LogP contribution in [-0.4, -0.2) is 30.5 Å². The van der Waals surface area contributed by atoms with Crippen LogP contribution in [0.15, 0.2) is 18.3 Å². The van der Waals surface area contributed by atoms with Gasteiger partial charge in [-0.05, 0) is 36.8 Å². The molecule has 1 aliphatic rings. The van der Waals surface area contributed by atoms with Crippen LogP contribution in [0, 0.1) is 5.92 Å². The molecule has 2 rings (SSSR count). The number of hydrogen-bond donors (Lipinski definition) is 0. The minimum atomic E-state index is -3.21. The van der Waals surface area contributed by atoms with Crippen LogP contribution in [0.5, 0.6) is 0 Å². The van der Waals surface area contributed by atoms with E-state index in [1.165, 1.54) is 11.8 Å². The lowest BCUT2D eigenvalue weighted by molar-refractivity contribution is 0.265. The molecule has 5 heteroatoms. The molecule has 1 atom stereocenters. The molecule has 1 unspecified atom stereocenters. The van der Waals surface area contributed by atoms with Crippen LogP contribution in [0.4, 0.5) is 0 Å². The fraction of sp³-hybridized carbons (Fsp3) is 0.643. The van der Waals surface area contributed by atoms with Crippen molar-refractivity contribution in [3.63, 3.8) is 0 Å². The third kappa shape index (κ3) is 3.34. The maximum atomic E-state index is 12.1. The molecule has 4 nitrogen and oxygen atoms in total. The van der Waals surface area contributed by atoms with Gasteiger partial charge < -0.3 is 0 Å². The molecule has 0 saturated carbocycles. The van der Waals surface area contributed by atoms with Crippen LogP contribution in [0.25, 0.3) is 0 Å². The smallest absolute Gasteiger partial charge is 0.211 e. The van der Waals surface area contributed by atoms with E-state index in [0.29, 0.717) is 12.5 Å². The third-order valence-corrected chi connectivity index (χ3v) is 4.74. The predicted octanol–water partition coefficient (Wildman–Crippen LogP) is 2.38. The Labute approximate surface area is 115 Å². The quantitative estimate of drug-likeness (QED) is 0.852. The standard InChI is InChI=1S/C14H22N2O2S/c1-11(2)10-16(19(3,17)18)13-8-4-6-12-7-5-9-15-14(12)13/h5,7,9,11,13H,4,6,8,10H2,1-3H3. The molecule has 0 amide bonds. The second-order valence-corrected chi connectivity index (χ2v) is 7.62. The van der Waals surface area contributed by atoms with Crippen LogP contribution < -0.4 is 0 Å². The highest BCUT2D eigenvalue weighted by Crippen LogP contribution is 2.34. The van der Waals surface area contributed by atoms with E-state index in [1.807, 2.05) is 19.9 Å². The van der Waals surface area contributed by atoms with Gasteiger partial charge in [0.25, 0.3) is 0 Å². The zero-order valence-corrected chi connectivity index (χ0v) is 12.7. The number of pyridine rings is 1. The van der Waals surface area contributed by atoms with Crippen LogP contribution in [0.2, 0.25) is 0 Å². The van der Waals surface area contributed by atoms with Crippen LogP contribution >= 0.6 is 0 Å². The minimum absolute atomic E-state index is 0.0950. The molecular formula is C14H22N2O2S. The predicted molar refractivity (Wildman–Crippen MR) is 76.3 cm³/mol. The van der Waals surface area contributed by atoms with Gasteiger partial charge in [-0.25, -0.2) is 8.42 Å². The number of aryl methyl sites for hydroxylation is 1. The van der Waals surface area contributed by atoms with E-state index in [2.05, 4.69) is 11.1 Å². The second kappa shape index (κ2) is 5.59. The zero-order chi connectivity index (χ0) is 14.0. The Morgan fingerprint density at radius 1 is 1.47 bits per heavy atom. The number of nitrogens with zero attached hydrogens (tertiary/aromatic N) is 2. The summed E-state index contributed by atoms with van der Waals surface area (Å²) in [6.45, 7) is 4.64. The molecule has 0 aromatic carbocycles. The molecule has 0 spiro atoms. The fourth-order valence-electron chi connectivity index (χ4n) is 2.72. The van der Waals surface area contributed by atoms with Crippen molar-refractivity contribution in [1.82, 2.24) is 9.29 Å². The molecule has 0 bridgehead atoms. The summed E-state index contributed by atoms with van der Waals surface area (Å²) in [5, 5.41) is 0. The zero-order valence-electron chi connectivity index (χ0n) is 11.8. The Morgan fingerprint density at radius 2 is 2.21 bits per heavy atom. The summed E-state index contributed by atoms with van der Waals surface area (Å²) in [6.07, 6.45) is 5.94. The molecular weight excluding hydrogens is 260 g/mol. The average Bonchev–Trinajstić information content (AvgIpc) is 2.34. The lowest BCUT2D eigenvalue weighted by Crippen LogP contribution is -2.38. The monoisotopic (exact) mass is 282 g/mol. The SMILES string of the molecule is CC(C)CN(C1CCCc2cccnc21)S(C)(=O)=O. The maximum Gasteiger partial charge on any atom is 0.211 e. The van der Waals surface area contributed by atoms with Gasteiger partial charge in [0, 0.05) is 12.7 Å². The summed E-state index contributed by atoms with van der Waals surface area (Å²) in [7, 11) is -3.21. The molecule has 0 N–H and O–H groups in total. The van der Waals surface area contributed by atoms with Crippen LogP contribution in [-0.2, 0) is 16.4 Å². The number of sulfonamides is 1. The van der Waals surface area contributed by atoms with Gasteiger partial charge in [0.05, 0.1) is 18.0 Å². The highest BCUT2D eigenvalue weighted by Gasteiger charge is 2.32. The summed E-state index contributed by atoms with van der Waals surface area (Å²) >= 11 is 0.